The molecular weight excluding hydrogens is 362 g/mol. The SMILES string of the molecule is Cl.NCC1CCCCN1C(=O)c1ccc([N+](=O)[O-])cc1Br. The molecule has 0 bridgehead atoms. The molecule has 6 nitrogen and oxygen atoms in total. The zero-order valence-corrected chi connectivity index (χ0v) is 13.7. The van der Waals surface area contributed by atoms with Gasteiger partial charge in [-0.2, -0.15) is 0 Å². The van der Waals surface area contributed by atoms with Crippen molar-refractivity contribution < 1.29 is 9.72 Å². The summed E-state index contributed by atoms with van der Waals surface area (Å²) >= 11 is 3.24. The molecule has 2 rings (SSSR count). The van der Waals surface area contributed by atoms with E-state index < -0.39 is 4.92 Å². The van der Waals surface area contributed by atoms with Crippen molar-refractivity contribution in [2.45, 2.75) is 25.3 Å². The second kappa shape index (κ2) is 7.72. The first kappa shape index (κ1) is 17.9. The van der Waals surface area contributed by atoms with E-state index in [9.17, 15) is 14.9 Å². The van der Waals surface area contributed by atoms with Crippen LogP contribution in [0.15, 0.2) is 22.7 Å². The Labute approximate surface area is 137 Å². The van der Waals surface area contributed by atoms with Gasteiger partial charge < -0.3 is 10.6 Å². The highest BCUT2D eigenvalue weighted by molar-refractivity contribution is 9.10. The quantitative estimate of drug-likeness (QED) is 0.647. The molecule has 1 fully saturated rings. The lowest BCUT2D eigenvalue weighted by Crippen LogP contribution is -2.47. The molecule has 0 radical (unpaired) electrons. The van der Waals surface area contributed by atoms with Crippen molar-refractivity contribution in [3.8, 4) is 0 Å². The summed E-state index contributed by atoms with van der Waals surface area (Å²) in [5.41, 5.74) is 6.12. The minimum Gasteiger partial charge on any atom is -0.334 e. The first-order chi connectivity index (χ1) is 9.54. The average molecular weight is 379 g/mol. The van der Waals surface area contributed by atoms with Crippen molar-refractivity contribution in [2.24, 2.45) is 5.73 Å². The maximum Gasteiger partial charge on any atom is 0.270 e. The van der Waals surface area contributed by atoms with Crippen molar-refractivity contribution >= 4 is 39.9 Å². The molecule has 1 aromatic rings. The zero-order valence-electron chi connectivity index (χ0n) is 11.3. The summed E-state index contributed by atoms with van der Waals surface area (Å²) < 4.78 is 0.443. The van der Waals surface area contributed by atoms with E-state index in [-0.39, 0.29) is 30.0 Å². The first-order valence-electron chi connectivity index (χ1n) is 6.49. The molecular formula is C13H17BrClN3O3. The van der Waals surface area contributed by atoms with Gasteiger partial charge in [0, 0.05) is 35.7 Å². The highest BCUT2D eigenvalue weighted by Crippen LogP contribution is 2.26. The number of nitro benzene ring substituents is 1. The van der Waals surface area contributed by atoms with E-state index in [1.807, 2.05) is 0 Å². The molecule has 1 unspecified atom stereocenters. The number of carbonyl (C=O) groups is 1. The first-order valence-corrected chi connectivity index (χ1v) is 7.29. The van der Waals surface area contributed by atoms with E-state index in [0.29, 0.717) is 23.1 Å². The summed E-state index contributed by atoms with van der Waals surface area (Å²) in [6, 6.07) is 4.25. The van der Waals surface area contributed by atoms with Crippen LogP contribution in [0.3, 0.4) is 0 Å². The third-order valence-electron chi connectivity index (χ3n) is 3.55. The third-order valence-corrected chi connectivity index (χ3v) is 4.21. The number of likely N-dealkylation sites (tertiary alicyclic amines) is 1. The molecule has 1 saturated heterocycles. The van der Waals surface area contributed by atoms with Gasteiger partial charge in [0.25, 0.3) is 11.6 Å². The smallest absolute Gasteiger partial charge is 0.270 e. The topological polar surface area (TPSA) is 89.5 Å². The maximum atomic E-state index is 12.5. The minimum atomic E-state index is -0.484. The number of nitrogens with two attached hydrogens (primary N) is 1. The molecule has 1 atom stereocenters. The Bertz CT molecular complexity index is 541. The molecule has 0 saturated carbocycles. The van der Waals surface area contributed by atoms with Crippen LogP contribution in [-0.4, -0.2) is 34.9 Å². The van der Waals surface area contributed by atoms with Crippen LogP contribution in [-0.2, 0) is 0 Å². The number of hydrogen-bond acceptors (Lipinski definition) is 4. The molecule has 8 heteroatoms. The molecule has 0 aliphatic carbocycles. The summed E-state index contributed by atoms with van der Waals surface area (Å²) in [6.07, 6.45) is 2.95. The standard InChI is InChI=1S/C13H16BrN3O3.ClH/c14-12-7-9(17(19)20)4-5-11(12)13(18)16-6-2-1-3-10(16)8-15;/h4-5,7,10H,1-3,6,8,15H2;1H. The van der Waals surface area contributed by atoms with Gasteiger partial charge >= 0.3 is 0 Å². The molecule has 1 heterocycles. The third kappa shape index (κ3) is 3.93. The van der Waals surface area contributed by atoms with E-state index in [4.69, 9.17) is 5.73 Å². The van der Waals surface area contributed by atoms with Crippen LogP contribution in [0.5, 0.6) is 0 Å². The van der Waals surface area contributed by atoms with E-state index in [1.54, 1.807) is 4.90 Å². The van der Waals surface area contributed by atoms with Gasteiger partial charge in [-0.15, -0.1) is 12.4 Å². The normalized spacial score (nSPS) is 18.0. The van der Waals surface area contributed by atoms with Crippen LogP contribution < -0.4 is 5.73 Å². The number of non-ortho nitro benzene ring substituents is 1. The summed E-state index contributed by atoms with van der Waals surface area (Å²) in [7, 11) is 0. The van der Waals surface area contributed by atoms with E-state index in [0.717, 1.165) is 19.3 Å². The number of amides is 1. The van der Waals surface area contributed by atoms with Crippen molar-refractivity contribution in [1.29, 1.82) is 0 Å². The van der Waals surface area contributed by atoms with Gasteiger partial charge in [0.05, 0.1) is 10.5 Å². The predicted octanol–water partition coefficient (Wildman–Crippen LogP) is 2.73. The molecule has 0 spiro atoms. The number of halogens is 2. The minimum absolute atomic E-state index is 0. The number of rotatable bonds is 3. The van der Waals surface area contributed by atoms with Gasteiger partial charge in [0.2, 0.25) is 0 Å². The molecule has 21 heavy (non-hydrogen) atoms. The van der Waals surface area contributed by atoms with Crippen molar-refractivity contribution in [3.05, 3.63) is 38.3 Å². The second-order valence-corrected chi connectivity index (χ2v) is 5.66. The van der Waals surface area contributed by atoms with E-state index in [1.165, 1.54) is 18.2 Å². The van der Waals surface area contributed by atoms with Gasteiger partial charge in [-0.3, -0.25) is 14.9 Å². The Morgan fingerprint density at radius 3 is 2.76 bits per heavy atom. The van der Waals surface area contributed by atoms with Crippen LogP contribution in [0.4, 0.5) is 5.69 Å². The van der Waals surface area contributed by atoms with Crippen molar-refractivity contribution in [1.82, 2.24) is 4.90 Å². The van der Waals surface area contributed by atoms with Gasteiger partial charge in [-0.25, -0.2) is 0 Å². The van der Waals surface area contributed by atoms with Crippen LogP contribution in [0.2, 0.25) is 0 Å². The number of carbonyl (C=O) groups excluding carboxylic acids is 1. The second-order valence-electron chi connectivity index (χ2n) is 4.81. The Morgan fingerprint density at radius 2 is 2.19 bits per heavy atom. The lowest BCUT2D eigenvalue weighted by Gasteiger charge is -2.35. The number of benzene rings is 1. The number of piperidine rings is 1. The summed E-state index contributed by atoms with van der Waals surface area (Å²) in [5.74, 6) is -0.123. The average Bonchev–Trinajstić information content (AvgIpc) is 2.46. The van der Waals surface area contributed by atoms with E-state index in [2.05, 4.69) is 15.9 Å². The van der Waals surface area contributed by atoms with Crippen LogP contribution in [0.25, 0.3) is 0 Å². The van der Waals surface area contributed by atoms with Crippen LogP contribution >= 0.6 is 28.3 Å². The Hall–Kier alpha value is -1.18. The van der Waals surface area contributed by atoms with Gasteiger partial charge in [0.1, 0.15) is 0 Å². The maximum absolute atomic E-state index is 12.5. The molecule has 1 aliphatic rings. The van der Waals surface area contributed by atoms with E-state index >= 15 is 0 Å². The summed E-state index contributed by atoms with van der Waals surface area (Å²) in [5, 5.41) is 10.7. The fourth-order valence-corrected chi connectivity index (χ4v) is 3.00. The highest BCUT2D eigenvalue weighted by Gasteiger charge is 2.28. The fraction of sp³-hybridized carbons (Fsp3) is 0.462. The summed E-state index contributed by atoms with van der Waals surface area (Å²) in [4.78, 5) is 24.5. The fourth-order valence-electron chi connectivity index (χ4n) is 2.46. The monoisotopic (exact) mass is 377 g/mol. The Kier molecular flexibility index (Phi) is 6.57. The number of nitro groups is 1. The largest absolute Gasteiger partial charge is 0.334 e. The van der Waals surface area contributed by atoms with Crippen LogP contribution in [0, 0.1) is 10.1 Å². The van der Waals surface area contributed by atoms with Gasteiger partial charge in [-0.05, 0) is 41.3 Å². The van der Waals surface area contributed by atoms with Gasteiger partial charge in [-0.1, -0.05) is 0 Å². The lowest BCUT2D eigenvalue weighted by atomic mass is 10.0. The molecule has 2 N–H and O–H groups in total. The Balaban J connectivity index is 0.00000220. The number of hydrogen-bond donors (Lipinski definition) is 1. The molecule has 1 amide bonds. The zero-order chi connectivity index (χ0) is 14.7. The molecule has 0 aromatic heterocycles. The highest BCUT2D eigenvalue weighted by atomic mass is 79.9. The predicted molar refractivity (Wildman–Crippen MR) is 85.8 cm³/mol. The molecule has 1 aromatic carbocycles. The lowest BCUT2D eigenvalue weighted by molar-refractivity contribution is -0.384. The molecule has 1 aliphatic heterocycles. The van der Waals surface area contributed by atoms with Gasteiger partial charge in [0.15, 0.2) is 0 Å². The van der Waals surface area contributed by atoms with Crippen LogP contribution in [0.1, 0.15) is 29.6 Å². The molecule has 116 valence electrons. The summed E-state index contributed by atoms with van der Waals surface area (Å²) in [6.45, 7) is 1.13. The Morgan fingerprint density at radius 1 is 1.48 bits per heavy atom. The van der Waals surface area contributed by atoms with Crippen molar-refractivity contribution in [3.63, 3.8) is 0 Å². The van der Waals surface area contributed by atoms with Crippen molar-refractivity contribution in [2.75, 3.05) is 13.1 Å². The number of nitrogens with zero attached hydrogens (tertiary/aromatic N) is 2.